The predicted octanol–water partition coefficient (Wildman–Crippen LogP) is 3.16. The second-order valence-electron chi connectivity index (χ2n) is 7.03. The summed E-state index contributed by atoms with van der Waals surface area (Å²) in [6.45, 7) is 8.91. The molecule has 25 heavy (non-hydrogen) atoms. The van der Waals surface area contributed by atoms with Crippen molar-refractivity contribution in [3.63, 3.8) is 0 Å². The van der Waals surface area contributed by atoms with Gasteiger partial charge in [0, 0.05) is 6.04 Å². The van der Waals surface area contributed by atoms with Crippen LogP contribution in [0.4, 0.5) is 5.69 Å². The van der Waals surface area contributed by atoms with Gasteiger partial charge in [0.05, 0.1) is 5.69 Å². The van der Waals surface area contributed by atoms with E-state index in [1.807, 2.05) is 31.2 Å². The average molecular weight is 345 g/mol. The van der Waals surface area contributed by atoms with Crippen molar-refractivity contribution in [1.82, 2.24) is 10.2 Å². The molecule has 0 bridgehead atoms. The zero-order chi connectivity index (χ0) is 18.2. The van der Waals surface area contributed by atoms with Crippen LogP contribution in [0.1, 0.15) is 45.1 Å². The van der Waals surface area contributed by atoms with E-state index in [0.717, 1.165) is 25.2 Å². The average Bonchev–Trinajstić information content (AvgIpc) is 2.65. The number of nitrogens with zero attached hydrogens (tertiary/aromatic N) is 2. The van der Waals surface area contributed by atoms with Gasteiger partial charge in [0.25, 0.3) is 0 Å². The zero-order valence-corrected chi connectivity index (χ0v) is 15.7. The third-order valence-corrected chi connectivity index (χ3v) is 5.29. The van der Waals surface area contributed by atoms with E-state index in [9.17, 15) is 4.79 Å². The molecule has 0 aliphatic carbocycles. The van der Waals surface area contributed by atoms with Crippen LogP contribution in [0.2, 0.25) is 0 Å². The molecule has 1 aromatic rings. The Kier molecular flexibility index (Phi) is 7.47. The van der Waals surface area contributed by atoms with E-state index in [1.165, 1.54) is 24.8 Å². The van der Waals surface area contributed by atoms with E-state index >= 15 is 0 Å². The molecule has 138 valence electrons. The van der Waals surface area contributed by atoms with Crippen molar-refractivity contribution >= 4 is 12.1 Å². The van der Waals surface area contributed by atoms with Gasteiger partial charge in [-0.05, 0) is 76.7 Å². The maximum atomic E-state index is 11.0. The highest BCUT2D eigenvalue weighted by Crippen LogP contribution is 2.24. The molecule has 3 N–H and O–H groups in total. The number of allylic oxidation sites excluding steroid dienone is 1. The number of hydrogen-bond donors (Lipinski definition) is 2. The molecule has 0 aromatic heterocycles. The third kappa shape index (κ3) is 5.58. The van der Waals surface area contributed by atoms with Crippen molar-refractivity contribution in [2.24, 2.45) is 11.8 Å². The minimum Gasteiger partial charge on any atom is -0.314 e. The van der Waals surface area contributed by atoms with E-state index in [1.54, 1.807) is 5.01 Å². The highest BCUT2D eigenvalue weighted by molar-refractivity contribution is 5.57. The van der Waals surface area contributed by atoms with E-state index in [-0.39, 0.29) is 0 Å². The fraction of sp³-hybridized carbons (Fsp3) is 0.550. The lowest BCUT2D eigenvalue weighted by molar-refractivity contribution is -0.109. The predicted molar refractivity (Wildman–Crippen MR) is 104 cm³/mol. The standard InChI is InChI=1S/C20H32N4O/c1-4-17(3)23-13-11-18(12-14-23)7-10-20(22-15-25)24(21)19-8-5-16(2)6-9-19/h5-6,8-10,15,17-18H,4,7,11-14,21H2,1-3H3,(H,22,25)/b20-10-. The molecule has 5 heteroatoms. The number of carbonyl (C=O) groups excluding carboxylic acids is 1. The Morgan fingerprint density at radius 1 is 1.36 bits per heavy atom. The number of benzene rings is 1. The summed E-state index contributed by atoms with van der Waals surface area (Å²) < 4.78 is 0. The van der Waals surface area contributed by atoms with Gasteiger partial charge >= 0.3 is 0 Å². The maximum absolute atomic E-state index is 11.0. The largest absolute Gasteiger partial charge is 0.314 e. The van der Waals surface area contributed by atoms with Crippen LogP contribution in [0.25, 0.3) is 0 Å². The molecule has 1 aliphatic rings. The second kappa shape index (κ2) is 9.59. The molecule has 1 unspecified atom stereocenters. The Hall–Kier alpha value is -1.85. The molecule has 1 amide bonds. The molecule has 1 saturated heterocycles. The normalized spacial score (nSPS) is 18.0. The van der Waals surface area contributed by atoms with Crippen LogP contribution in [0.3, 0.4) is 0 Å². The van der Waals surface area contributed by atoms with Gasteiger partial charge in [0.2, 0.25) is 6.41 Å². The maximum Gasteiger partial charge on any atom is 0.212 e. The number of aryl methyl sites for hydroxylation is 1. The fourth-order valence-corrected chi connectivity index (χ4v) is 3.30. The van der Waals surface area contributed by atoms with Crippen molar-refractivity contribution in [2.45, 2.75) is 52.5 Å². The summed E-state index contributed by atoms with van der Waals surface area (Å²) in [7, 11) is 0. The first-order valence-electron chi connectivity index (χ1n) is 9.31. The quantitative estimate of drug-likeness (QED) is 0.432. The Morgan fingerprint density at radius 3 is 2.56 bits per heavy atom. The summed E-state index contributed by atoms with van der Waals surface area (Å²) in [5.74, 6) is 7.50. The Bertz CT molecular complexity index is 562. The van der Waals surface area contributed by atoms with Crippen LogP contribution in [0, 0.1) is 12.8 Å². The molecule has 1 aromatic carbocycles. The summed E-state index contributed by atoms with van der Waals surface area (Å²) in [5.41, 5.74) is 2.04. The van der Waals surface area contributed by atoms with E-state index in [4.69, 9.17) is 5.84 Å². The van der Waals surface area contributed by atoms with Crippen LogP contribution in [-0.2, 0) is 4.79 Å². The van der Waals surface area contributed by atoms with Gasteiger partial charge < -0.3 is 10.2 Å². The highest BCUT2D eigenvalue weighted by Gasteiger charge is 2.21. The Morgan fingerprint density at radius 2 is 2.00 bits per heavy atom. The van der Waals surface area contributed by atoms with Gasteiger partial charge in [-0.1, -0.05) is 24.6 Å². The van der Waals surface area contributed by atoms with E-state index in [0.29, 0.717) is 24.2 Å². The fourth-order valence-electron chi connectivity index (χ4n) is 3.30. The minimum atomic E-state index is 0.642. The van der Waals surface area contributed by atoms with Crippen molar-refractivity contribution in [3.8, 4) is 0 Å². The molecule has 0 spiro atoms. The lowest BCUT2D eigenvalue weighted by Crippen LogP contribution is -2.40. The van der Waals surface area contributed by atoms with E-state index in [2.05, 4.69) is 30.1 Å². The van der Waals surface area contributed by atoms with Crippen LogP contribution in [-0.4, -0.2) is 30.4 Å². The molecule has 1 fully saturated rings. The van der Waals surface area contributed by atoms with Crippen LogP contribution in [0.15, 0.2) is 36.2 Å². The number of nitrogens with two attached hydrogens (primary N) is 1. The summed E-state index contributed by atoms with van der Waals surface area (Å²) >= 11 is 0. The number of hydrogen-bond acceptors (Lipinski definition) is 4. The molecular weight excluding hydrogens is 312 g/mol. The summed E-state index contributed by atoms with van der Waals surface area (Å²) in [5, 5.41) is 4.29. The van der Waals surface area contributed by atoms with Crippen LogP contribution < -0.4 is 16.2 Å². The van der Waals surface area contributed by atoms with Crippen molar-refractivity contribution < 1.29 is 4.79 Å². The van der Waals surface area contributed by atoms with Gasteiger partial charge in [-0.15, -0.1) is 0 Å². The number of anilines is 1. The molecule has 0 saturated carbocycles. The first kappa shape index (κ1) is 19.5. The number of hydrazine groups is 1. The smallest absolute Gasteiger partial charge is 0.212 e. The zero-order valence-electron chi connectivity index (χ0n) is 15.7. The third-order valence-electron chi connectivity index (χ3n) is 5.29. The molecule has 1 heterocycles. The van der Waals surface area contributed by atoms with Crippen molar-refractivity contribution in [2.75, 3.05) is 18.1 Å². The monoisotopic (exact) mass is 344 g/mol. The van der Waals surface area contributed by atoms with Gasteiger partial charge in [-0.25, -0.2) is 5.84 Å². The molecule has 2 rings (SSSR count). The van der Waals surface area contributed by atoms with Gasteiger partial charge in [0.1, 0.15) is 5.82 Å². The summed E-state index contributed by atoms with van der Waals surface area (Å²) in [6, 6.07) is 8.61. The first-order valence-corrected chi connectivity index (χ1v) is 9.31. The number of amides is 1. The molecule has 1 atom stereocenters. The lowest BCUT2D eigenvalue weighted by Gasteiger charge is -2.35. The second-order valence-corrected chi connectivity index (χ2v) is 7.03. The summed E-state index contributed by atoms with van der Waals surface area (Å²) in [6.07, 6.45) is 7.28. The first-order chi connectivity index (χ1) is 12.0. The van der Waals surface area contributed by atoms with Crippen molar-refractivity contribution in [1.29, 1.82) is 0 Å². The van der Waals surface area contributed by atoms with E-state index < -0.39 is 0 Å². The molecule has 1 aliphatic heterocycles. The number of likely N-dealkylation sites (tertiary alicyclic amines) is 1. The number of rotatable bonds is 8. The van der Waals surface area contributed by atoms with Gasteiger partial charge in [0.15, 0.2) is 0 Å². The molecular formula is C20H32N4O. The summed E-state index contributed by atoms with van der Waals surface area (Å²) in [4.78, 5) is 13.5. The topological polar surface area (TPSA) is 61.6 Å². The lowest BCUT2D eigenvalue weighted by atomic mass is 9.92. The Balaban J connectivity index is 1.96. The minimum absolute atomic E-state index is 0.642. The Labute approximate surface area is 151 Å². The van der Waals surface area contributed by atoms with Crippen LogP contribution >= 0.6 is 0 Å². The van der Waals surface area contributed by atoms with Crippen LogP contribution in [0.5, 0.6) is 0 Å². The van der Waals surface area contributed by atoms with Gasteiger partial charge in [-0.2, -0.15) is 0 Å². The molecule has 5 nitrogen and oxygen atoms in total. The van der Waals surface area contributed by atoms with Gasteiger partial charge in [-0.3, -0.25) is 9.80 Å². The number of carbonyl (C=O) groups is 1. The number of nitrogens with one attached hydrogen (secondary N) is 1. The SMILES string of the molecule is CCC(C)N1CCC(C/C=C(/NC=O)N(N)c2ccc(C)cc2)CC1. The highest BCUT2D eigenvalue weighted by atomic mass is 16.1. The molecule has 0 radical (unpaired) electrons. The number of piperidine rings is 1. The van der Waals surface area contributed by atoms with Crippen molar-refractivity contribution in [3.05, 3.63) is 41.7 Å².